The van der Waals surface area contributed by atoms with Crippen LogP contribution in [0.1, 0.15) is 56.4 Å². The molecule has 0 saturated heterocycles. The quantitative estimate of drug-likeness (QED) is 0.530. The predicted octanol–water partition coefficient (Wildman–Crippen LogP) is 5.00. The minimum Gasteiger partial charge on any atom is -0.492 e. The van der Waals surface area contributed by atoms with Crippen LogP contribution in [0.2, 0.25) is 0 Å². The molecule has 2 heteroatoms. The average Bonchev–Trinajstić information content (AvgIpc) is 2.61. The molecule has 1 aromatic heterocycles. The van der Waals surface area contributed by atoms with Gasteiger partial charge in [-0.1, -0.05) is 51.2 Å². The van der Waals surface area contributed by atoms with E-state index in [0.717, 1.165) is 36.5 Å². The Morgan fingerprint density at radius 3 is 2.39 bits per heavy atom. The molecular formula is C21H25NO. The fourth-order valence-electron chi connectivity index (χ4n) is 2.22. The molecule has 0 aliphatic rings. The molecule has 1 heterocycles. The van der Waals surface area contributed by atoms with Gasteiger partial charge in [0.1, 0.15) is 11.4 Å². The van der Waals surface area contributed by atoms with E-state index in [2.05, 4.69) is 54.9 Å². The molecule has 0 bridgehead atoms. The standard InChI is InChI=1S/C21H25NO/c1-3-5-6-7-16-23-21-15-14-20(22-17-21)13-12-19-10-8-18(4-2)9-11-19/h8-11,14-15,17H,3-7,16H2,1-2H3. The zero-order valence-electron chi connectivity index (χ0n) is 14.1. The van der Waals surface area contributed by atoms with Crippen molar-refractivity contribution < 1.29 is 4.74 Å². The number of hydrogen-bond donors (Lipinski definition) is 0. The third-order valence-corrected chi connectivity index (χ3v) is 3.70. The second-order valence-corrected chi connectivity index (χ2v) is 5.59. The van der Waals surface area contributed by atoms with Crippen LogP contribution in [0, 0.1) is 11.8 Å². The van der Waals surface area contributed by atoms with Gasteiger partial charge in [0.15, 0.2) is 0 Å². The van der Waals surface area contributed by atoms with Crippen LogP contribution in [0.4, 0.5) is 0 Å². The van der Waals surface area contributed by atoms with E-state index >= 15 is 0 Å². The fraction of sp³-hybridized carbons (Fsp3) is 0.381. The molecule has 2 rings (SSSR count). The van der Waals surface area contributed by atoms with Crippen LogP contribution in [0.3, 0.4) is 0 Å². The second-order valence-electron chi connectivity index (χ2n) is 5.59. The molecule has 0 saturated carbocycles. The van der Waals surface area contributed by atoms with E-state index in [0.29, 0.717) is 0 Å². The first-order valence-electron chi connectivity index (χ1n) is 8.51. The van der Waals surface area contributed by atoms with Gasteiger partial charge < -0.3 is 4.74 Å². The Bertz CT molecular complexity index is 632. The number of ether oxygens (including phenoxy) is 1. The van der Waals surface area contributed by atoms with Gasteiger partial charge in [-0.2, -0.15) is 0 Å². The molecule has 0 aliphatic heterocycles. The first-order chi connectivity index (χ1) is 11.3. The van der Waals surface area contributed by atoms with Gasteiger partial charge in [-0.3, -0.25) is 0 Å². The van der Waals surface area contributed by atoms with E-state index in [9.17, 15) is 0 Å². The number of aromatic nitrogens is 1. The van der Waals surface area contributed by atoms with Gasteiger partial charge in [0.25, 0.3) is 0 Å². The van der Waals surface area contributed by atoms with Crippen molar-refractivity contribution in [3.8, 4) is 17.6 Å². The highest BCUT2D eigenvalue weighted by Gasteiger charge is 1.95. The fourth-order valence-corrected chi connectivity index (χ4v) is 2.22. The monoisotopic (exact) mass is 307 g/mol. The van der Waals surface area contributed by atoms with E-state index in [1.165, 1.54) is 24.8 Å². The first kappa shape index (κ1) is 17.1. The summed E-state index contributed by atoms with van der Waals surface area (Å²) in [7, 11) is 0. The van der Waals surface area contributed by atoms with Gasteiger partial charge in [-0.25, -0.2) is 4.98 Å². The van der Waals surface area contributed by atoms with Crippen LogP contribution < -0.4 is 4.74 Å². The van der Waals surface area contributed by atoms with E-state index in [4.69, 9.17) is 4.74 Å². The van der Waals surface area contributed by atoms with Crippen LogP contribution in [0.5, 0.6) is 5.75 Å². The van der Waals surface area contributed by atoms with E-state index < -0.39 is 0 Å². The van der Waals surface area contributed by atoms with Crippen LogP contribution in [0.15, 0.2) is 42.6 Å². The summed E-state index contributed by atoms with van der Waals surface area (Å²) in [5, 5.41) is 0. The van der Waals surface area contributed by atoms with Crippen LogP contribution >= 0.6 is 0 Å². The Labute approximate surface area is 139 Å². The van der Waals surface area contributed by atoms with Crippen molar-refractivity contribution in [1.82, 2.24) is 4.98 Å². The maximum absolute atomic E-state index is 5.69. The lowest BCUT2D eigenvalue weighted by Gasteiger charge is -2.05. The second kappa shape index (κ2) is 9.69. The van der Waals surface area contributed by atoms with Crippen LogP contribution in [-0.2, 0) is 6.42 Å². The number of hydrogen-bond acceptors (Lipinski definition) is 2. The first-order valence-corrected chi connectivity index (χ1v) is 8.51. The summed E-state index contributed by atoms with van der Waals surface area (Å²) in [6, 6.07) is 12.2. The van der Waals surface area contributed by atoms with Crippen molar-refractivity contribution in [3.63, 3.8) is 0 Å². The molecule has 0 unspecified atom stereocenters. The summed E-state index contributed by atoms with van der Waals surface area (Å²) < 4.78 is 5.69. The van der Waals surface area contributed by atoms with Crippen molar-refractivity contribution in [3.05, 3.63) is 59.4 Å². The Hall–Kier alpha value is -2.27. The lowest BCUT2D eigenvalue weighted by atomic mass is 10.1. The van der Waals surface area contributed by atoms with Gasteiger partial charge in [-0.05, 0) is 48.6 Å². The summed E-state index contributed by atoms with van der Waals surface area (Å²) in [6.45, 7) is 5.12. The topological polar surface area (TPSA) is 22.1 Å². The summed E-state index contributed by atoms with van der Waals surface area (Å²) >= 11 is 0. The number of rotatable bonds is 7. The number of unbranched alkanes of at least 4 members (excludes halogenated alkanes) is 3. The summed E-state index contributed by atoms with van der Waals surface area (Å²) in [4.78, 5) is 4.34. The van der Waals surface area contributed by atoms with Crippen LogP contribution in [0.25, 0.3) is 0 Å². The maximum atomic E-state index is 5.69. The minimum atomic E-state index is 0.760. The van der Waals surface area contributed by atoms with Gasteiger partial charge in [0, 0.05) is 5.56 Å². The van der Waals surface area contributed by atoms with Crippen molar-refractivity contribution in [2.75, 3.05) is 6.61 Å². The molecule has 120 valence electrons. The van der Waals surface area contributed by atoms with Crippen molar-refractivity contribution >= 4 is 0 Å². The van der Waals surface area contributed by atoms with Gasteiger partial charge in [-0.15, -0.1) is 0 Å². The third kappa shape index (κ3) is 6.16. The zero-order chi connectivity index (χ0) is 16.3. The SMILES string of the molecule is CCCCCCOc1ccc(C#Cc2ccc(CC)cc2)nc1. The van der Waals surface area contributed by atoms with Crippen molar-refractivity contribution in [2.45, 2.75) is 46.0 Å². The lowest BCUT2D eigenvalue weighted by Crippen LogP contribution is -1.97. The highest BCUT2D eigenvalue weighted by Crippen LogP contribution is 2.10. The molecule has 0 atom stereocenters. The molecular weight excluding hydrogens is 282 g/mol. The Morgan fingerprint density at radius 2 is 1.74 bits per heavy atom. The molecule has 0 amide bonds. The molecule has 0 radical (unpaired) electrons. The maximum Gasteiger partial charge on any atom is 0.137 e. The lowest BCUT2D eigenvalue weighted by molar-refractivity contribution is 0.304. The molecule has 2 aromatic rings. The Balaban J connectivity index is 1.86. The molecule has 1 aromatic carbocycles. The van der Waals surface area contributed by atoms with Gasteiger partial charge >= 0.3 is 0 Å². The molecule has 0 aliphatic carbocycles. The average molecular weight is 307 g/mol. The van der Waals surface area contributed by atoms with E-state index in [1.54, 1.807) is 6.20 Å². The minimum absolute atomic E-state index is 0.760. The third-order valence-electron chi connectivity index (χ3n) is 3.70. The summed E-state index contributed by atoms with van der Waals surface area (Å²) in [5.41, 5.74) is 3.11. The largest absolute Gasteiger partial charge is 0.492 e. The predicted molar refractivity (Wildman–Crippen MR) is 95.7 cm³/mol. The van der Waals surface area contributed by atoms with Gasteiger partial charge in [0.05, 0.1) is 12.8 Å². The van der Waals surface area contributed by atoms with Crippen molar-refractivity contribution in [2.24, 2.45) is 0 Å². The highest BCUT2D eigenvalue weighted by atomic mass is 16.5. The molecule has 0 spiro atoms. The Morgan fingerprint density at radius 1 is 0.913 bits per heavy atom. The number of benzene rings is 1. The highest BCUT2D eigenvalue weighted by molar-refractivity contribution is 5.41. The smallest absolute Gasteiger partial charge is 0.137 e. The Kier molecular flexibility index (Phi) is 7.20. The number of pyridine rings is 1. The summed E-state index contributed by atoms with van der Waals surface area (Å²) in [6.07, 6.45) is 7.65. The van der Waals surface area contributed by atoms with E-state index in [1.807, 2.05) is 12.1 Å². The number of aryl methyl sites for hydroxylation is 1. The molecule has 0 N–H and O–H groups in total. The summed E-state index contributed by atoms with van der Waals surface area (Å²) in [5.74, 6) is 7.06. The molecule has 2 nitrogen and oxygen atoms in total. The zero-order valence-corrected chi connectivity index (χ0v) is 14.1. The van der Waals surface area contributed by atoms with Crippen molar-refractivity contribution in [1.29, 1.82) is 0 Å². The number of nitrogens with zero attached hydrogens (tertiary/aromatic N) is 1. The normalized spacial score (nSPS) is 10.0. The molecule has 0 fully saturated rings. The van der Waals surface area contributed by atoms with Crippen LogP contribution in [-0.4, -0.2) is 11.6 Å². The van der Waals surface area contributed by atoms with E-state index in [-0.39, 0.29) is 0 Å². The van der Waals surface area contributed by atoms with Gasteiger partial charge in [0.2, 0.25) is 0 Å². The molecule has 23 heavy (non-hydrogen) atoms.